The van der Waals surface area contributed by atoms with E-state index in [4.69, 9.17) is 5.11 Å². The molecular weight excluding hydrogens is 300 g/mol. The van der Waals surface area contributed by atoms with Crippen molar-refractivity contribution >= 4 is 33.0 Å². The second-order valence-corrected chi connectivity index (χ2v) is 7.16. The molecule has 0 aliphatic carbocycles. The number of hydrogen-bond acceptors (Lipinski definition) is 5. The molecule has 0 amide bonds. The Bertz CT molecular complexity index is 782. The van der Waals surface area contributed by atoms with E-state index in [1.54, 1.807) is 12.1 Å². The van der Waals surface area contributed by atoms with Crippen molar-refractivity contribution in [3.8, 4) is 0 Å². The Hall–Kier alpha value is -1.93. The molecule has 1 N–H and O–H groups in total. The van der Waals surface area contributed by atoms with Crippen LogP contribution in [0.15, 0.2) is 34.0 Å². The van der Waals surface area contributed by atoms with Crippen molar-refractivity contribution in [1.29, 1.82) is 0 Å². The van der Waals surface area contributed by atoms with E-state index in [0.29, 0.717) is 18.7 Å². The van der Waals surface area contributed by atoms with Gasteiger partial charge >= 0.3 is 5.97 Å². The third kappa shape index (κ3) is 1.88. The van der Waals surface area contributed by atoms with Crippen LogP contribution in [0.3, 0.4) is 0 Å². The predicted molar refractivity (Wildman–Crippen MR) is 73.8 cm³/mol. The molecule has 0 spiro atoms. The van der Waals surface area contributed by atoms with E-state index < -0.39 is 21.7 Å². The Balaban J connectivity index is 2.11. The molecular formula is C12H10N2O4S2. The quantitative estimate of drug-likeness (QED) is 0.930. The zero-order valence-electron chi connectivity index (χ0n) is 10.2. The van der Waals surface area contributed by atoms with Gasteiger partial charge in [-0.15, -0.1) is 11.3 Å². The summed E-state index contributed by atoms with van der Waals surface area (Å²) in [5, 5.41) is 9.02. The van der Waals surface area contributed by atoms with Crippen LogP contribution in [0.2, 0.25) is 0 Å². The van der Waals surface area contributed by atoms with Crippen molar-refractivity contribution in [2.24, 2.45) is 0 Å². The topological polar surface area (TPSA) is 87.6 Å². The highest BCUT2D eigenvalue weighted by atomic mass is 32.2. The van der Waals surface area contributed by atoms with Crippen LogP contribution >= 0.6 is 11.3 Å². The molecule has 104 valence electrons. The van der Waals surface area contributed by atoms with Crippen LogP contribution in [0.4, 0.5) is 5.69 Å². The summed E-state index contributed by atoms with van der Waals surface area (Å²) in [6.45, 7) is 0.318. The number of hydrogen-bond donors (Lipinski definition) is 1. The largest absolute Gasteiger partial charge is 0.476 e. The molecule has 0 radical (unpaired) electrons. The van der Waals surface area contributed by atoms with E-state index in [1.807, 2.05) is 12.1 Å². The van der Waals surface area contributed by atoms with Crippen LogP contribution in [0.1, 0.15) is 16.1 Å². The number of carbonyl (C=O) groups is 1. The van der Waals surface area contributed by atoms with Gasteiger partial charge in [-0.25, -0.2) is 18.2 Å². The highest BCUT2D eigenvalue weighted by Gasteiger charge is 2.35. The number of thiazole rings is 1. The number of fused-ring (bicyclic) bond motifs is 1. The number of aromatic nitrogens is 1. The molecule has 1 aromatic heterocycles. The zero-order valence-corrected chi connectivity index (χ0v) is 11.8. The highest BCUT2D eigenvalue weighted by Crippen LogP contribution is 2.34. The van der Waals surface area contributed by atoms with Crippen molar-refractivity contribution in [1.82, 2.24) is 4.98 Å². The van der Waals surface area contributed by atoms with Gasteiger partial charge in [-0.3, -0.25) is 4.31 Å². The minimum absolute atomic E-state index is 0.221. The van der Waals surface area contributed by atoms with Gasteiger partial charge in [0.25, 0.3) is 10.0 Å². The Morgan fingerprint density at radius 1 is 1.35 bits per heavy atom. The Morgan fingerprint density at radius 3 is 2.85 bits per heavy atom. The monoisotopic (exact) mass is 310 g/mol. The fourth-order valence-electron chi connectivity index (χ4n) is 2.22. The van der Waals surface area contributed by atoms with Crippen molar-refractivity contribution in [2.75, 3.05) is 10.8 Å². The maximum atomic E-state index is 12.6. The van der Waals surface area contributed by atoms with Crippen molar-refractivity contribution in [2.45, 2.75) is 10.6 Å². The lowest BCUT2D eigenvalue weighted by atomic mass is 10.2. The molecule has 0 bridgehead atoms. The zero-order chi connectivity index (χ0) is 14.3. The SMILES string of the molecule is O=C(O)c1ncsc1S(=O)(=O)N1CCc2ccccc21. The normalized spacial score (nSPS) is 14.3. The number of carboxylic acids is 1. The lowest BCUT2D eigenvalue weighted by molar-refractivity contribution is 0.0687. The summed E-state index contributed by atoms with van der Waals surface area (Å²) in [7, 11) is -3.88. The number of benzene rings is 1. The molecule has 3 rings (SSSR count). The van der Waals surface area contributed by atoms with E-state index >= 15 is 0 Å². The molecule has 6 nitrogen and oxygen atoms in total. The lowest BCUT2D eigenvalue weighted by Crippen LogP contribution is -2.29. The minimum Gasteiger partial charge on any atom is -0.476 e. The Kier molecular flexibility index (Phi) is 2.98. The standard InChI is InChI=1S/C12H10N2O4S2/c15-11(16)10-12(19-7-13-10)20(17,18)14-6-5-8-3-1-2-4-9(8)14/h1-4,7H,5-6H2,(H,15,16). The van der Waals surface area contributed by atoms with Crippen LogP contribution in [-0.4, -0.2) is 31.0 Å². The summed E-state index contributed by atoms with van der Waals surface area (Å²) in [5.41, 5.74) is 2.37. The third-order valence-corrected chi connectivity index (χ3v) is 6.27. The molecule has 1 aliphatic rings. The van der Waals surface area contributed by atoms with Gasteiger partial charge in [0.05, 0.1) is 11.2 Å². The fourth-order valence-corrected chi connectivity index (χ4v) is 4.96. The average Bonchev–Trinajstić information content (AvgIpc) is 3.06. The molecule has 2 heterocycles. The molecule has 0 saturated carbocycles. The van der Waals surface area contributed by atoms with Gasteiger partial charge in [0, 0.05) is 6.54 Å². The Labute approximate surface area is 119 Å². The van der Waals surface area contributed by atoms with Crippen molar-refractivity contribution in [3.63, 3.8) is 0 Å². The van der Waals surface area contributed by atoms with Crippen molar-refractivity contribution in [3.05, 3.63) is 41.0 Å². The lowest BCUT2D eigenvalue weighted by Gasteiger charge is -2.18. The van der Waals surface area contributed by atoms with Crippen LogP contribution in [0.5, 0.6) is 0 Å². The van der Waals surface area contributed by atoms with E-state index in [0.717, 1.165) is 16.9 Å². The first-order valence-corrected chi connectivity index (χ1v) is 8.11. The molecule has 20 heavy (non-hydrogen) atoms. The molecule has 2 aromatic rings. The number of nitrogens with zero attached hydrogens (tertiary/aromatic N) is 2. The van der Waals surface area contributed by atoms with Gasteiger partial charge in [-0.05, 0) is 18.1 Å². The van der Waals surface area contributed by atoms with Gasteiger partial charge in [-0.1, -0.05) is 18.2 Å². The molecule has 8 heteroatoms. The molecule has 0 saturated heterocycles. The number of aromatic carboxylic acids is 1. The minimum atomic E-state index is -3.88. The molecule has 1 aliphatic heterocycles. The van der Waals surface area contributed by atoms with Gasteiger partial charge in [0.2, 0.25) is 0 Å². The first-order chi connectivity index (χ1) is 9.51. The van der Waals surface area contributed by atoms with E-state index in [2.05, 4.69) is 4.98 Å². The van der Waals surface area contributed by atoms with Crippen LogP contribution in [-0.2, 0) is 16.4 Å². The van der Waals surface area contributed by atoms with Crippen LogP contribution in [0.25, 0.3) is 0 Å². The third-order valence-electron chi connectivity index (χ3n) is 3.11. The molecule has 0 atom stereocenters. The number of sulfonamides is 1. The summed E-state index contributed by atoms with van der Waals surface area (Å²) in [5.74, 6) is -1.34. The molecule has 0 unspecified atom stereocenters. The van der Waals surface area contributed by atoms with Gasteiger partial charge in [0.15, 0.2) is 9.90 Å². The predicted octanol–water partition coefficient (Wildman–Crippen LogP) is 1.59. The molecule has 1 aromatic carbocycles. The first kappa shape index (κ1) is 13.1. The summed E-state index contributed by atoms with van der Waals surface area (Å²) in [6.07, 6.45) is 0.622. The van der Waals surface area contributed by atoms with Gasteiger partial charge in [-0.2, -0.15) is 0 Å². The summed E-state index contributed by atoms with van der Waals surface area (Å²) in [6, 6.07) is 7.21. The van der Waals surface area contributed by atoms with Crippen LogP contribution < -0.4 is 4.31 Å². The van der Waals surface area contributed by atoms with E-state index in [9.17, 15) is 13.2 Å². The second kappa shape index (κ2) is 4.57. The number of anilines is 1. The highest BCUT2D eigenvalue weighted by molar-refractivity contribution is 7.94. The summed E-state index contributed by atoms with van der Waals surface area (Å²) >= 11 is 0.825. The fraction of sp³-hybridized carbons (Fsp3) is 0.167. The number of carboxylic acid groups (broad SMARTS) is 1. The number of rotatable bonds is 3. The summed E-state index contributed by atoms with van der Waals surface area (Å²) < 4.78 is 26.3. The Morgan fingerprint density at radius 2 is 2.10 bits per heavy atom. The first-order valence-electron chi connectivity index (χ1n) is 5.79. The smallest absolute Gasteiger partial charge is 0.356 e. The van der Waals surface area contributed by atoms with Gasteiger partial charge < -0.3 is 5.11 Å². The van der Waals surface area contributed by atoms with E-state index in [1.165, 1.54) is 9.82 Å². The molecule has 0 fully saturated rings. The van der Waals surface area contributed by atoms with Crippen LogP contribution in [0, 0.1) is 0 Å². The number of para-hydroxylation sites is 1. The van der Waals surface area contributed by atoms with E-state index in [-0.39, 0.29) is 4.21 Å². The maximum Gasteiger partial charge on any atom is 0.356 e. The van der Waals surface area contributed by atoms with Gasteiger partial charge in [0.1, 0.15) is 0 Å². The summed E-state index contributed by atoms with van der Waals surface area (Å²) in [4.78, 5) is 14.7. The second-order valence-electron chi connectivity index (χ2n) is 4.25. The average molecular weight is 310 g/mol. The van der Waals surface area contributed by atoms with Crippen molar-refractivity contribution < 1.29 is 18.3 Å². The maximum absolute atomic E-state index is 12.6.